The lowest BCUT2D eigenvalue weighted by molar-refractivity contribution is 0.107. The molecule has 1 fully saturated rings. The van der Waals surface area contributed by atoms with E-state index in [-0.39, 0.29) is 0 Å². The first-order chi connectivity index (χ1) is 7.34. The average Bonchev–Trinajstić information content (AvgIpc) is 2.71. The maximum atomic E-state index is 12.7. The van der Waals surface area contributed by atoms with Crippen LogP contribution >= 0.6 is 0 Å². The molecule has 0 saturated carbocycles. The molecular weight excluding hydrogens is 197 g/mol. The van der Waals surface area contributed by atoms with E-state index in [1.54, 1.807) is 0 Å². The maximum Gasteiger partial charge on any atom is 0.217 e. The largest absolute Gasteiger partial charge is 0.378 e. The number of nitrogens with zero attached hydrogens (tertiary/aromatic N) is 2. The highest BCUT2D eigenvalue weighted by Crippen LogP contribution is 2.15. The van der Waals surface area contributed by atoms with Crippen molar-refractivity contribution in [1.82, 2.24) is 9.97 Å². The summed E-state index contributed by atoms with van der Waals surface area (Å²) in [6, 6.07) is 1.29. The van der Waals surface area contributed by atoms with Crippen LogP contribution in [0.2, 0.25) is 0 Å². The lowest BCUT2D eigenvalue weighted by Gasteiger charge is -2.09. The van der Waals surface area contributed by atoms with Crippen LogP contribution in [0, 0.1) is 5.95 Å². The fraction of sp³-hybridized carbons (Fsp3) is 0.600. The van der Waals surface area contributed by atoms with Crippen molar-refractivity contribution in [3.63, 3.8) is 0 Å². The molecule has 0 amide bonds. The van der Waals surface area contributed by atoms with Gasteiger partial charge < -0.3 is 10.1 Å². The van der Waals surface area contributed by atoms with E-state index in [4.69, 9.17) is 4.74 Å². The van der Waals surface area contributed by atoms with Gasteiger partial charge >= 0.3 is 0 Å². The molecule has 0 spiro atoms. The molecule has 1 aromatic heterocycles. The fourth-order valence-corrected chi connectivity index (χ4v) is 1.66. The zero-order chi connectivity index (χ0) is 10.5. The SMILES string of the molecule is Fc1cc(NCCC2CCCO2)ncn1. The molecule has 1 unspecified atom stereocenters. The molecule has 1 atom stereocenters. The van der Waals surface area contributed by atoms with Crippen molar-refractivity contribution in [1.29, 1.82) is 0 Å². The number of ether oxygens (including phenoxy) is 1. The van der Waals surface area contributed by atoms with Crippen LogP contribution in [0.3, 0.4) is 0 Å². The molecule has 1 aromatic rings. The monoisotopic (exact) mass is 211 g/mol. The highest BCUT2D eigenvalue weighted by Gasteiger charge is 2.14. The Kier molecular flexibility index (Phi) is 3.45. The van der Waals surface area contributed by atoms with Crippen molar-refractivity contribution in [2.75, 3.05) is 18.5 Å². The number of hydrogen-bond donors (Lipinski definition) is 1. The van der Waals surface area contributed by atoms with Crippen molar-refractivity contribution in [3.8, 4) is 0 Å². The first kappa shape index (κ1) is 10.3. The van der Waals surface area contributed by atoms with E-state index in [0.717, 1.165) is 32.4 Å². The van der Waals surface area contributed by atoms with Crippen LogP contribution in [-0.2, 0) is 4.74 Å². The van der Waals surface area contributed by atoms with E-state index < -0.39 is 5.95 Å². The molecule has 0 aromatic carbocycles. The summed E-state index contributed by atoms with van der Waals surface area (Å²) in [5.41, 5.74) is 0. The van der Waals surface area contributed by atoms with Crippen LogP contribution < -0.4 is 5.32 Å². The normalized spacial score (nSPS) is 20.5. The first-order valence-electron chi connectivity index (χ1n) is 5.17. The Hall–Kier alpha value is -1.23. The van der Waals surface area contributed by atoms with Crippen LogP contribution in [0.5, 0.6) is 0 Å². The second-order valence-electron chi connectivity index (χ2n) is 3.58. The summed E-state index contributed by atoms with van der Waals surface area (Å²) in [4.78, 5) is 7.28. The van der Waals surface area contributed by atoms with E-state index in [1.165, 1.54) is 12.4 Å². The van der Waals surface area contributed by atoms with Gasteiger partial charge in [0.1, 0.15) is 12.1 Å². The van der Waals surface area contributed by atoms with Crippen LogP contribution in [-0.4, -0.2) is 29.2 Å². The molecule has 0 bridgehead atoms. The summed E-state index contributed by atoms with van der Waals surface area (Å²) in [5, 5.41) is 3.04. The average molecular weight is 211 g/mol. The molecule has 1 saturated heterocycles. The molecule has 0 radical (unpaired) electrons. The minimum Gasteiger partial charge on any atom is -0.378 e. The van der Waals surface area contributed by atoms with Gasteiger partial charge in [0, 0.05) is 19.2 Å². The Morgan fingerprint density at radius 1 is 1.53 bits per heavy atom. The van der Waals surface area contributed by atoms with E-state index in [9.17, 15) is 4.39 Å². The second-order valence-corrected chi connectivity index (χ2v) is 3.58. The zero-order valence-electron chi connectivity index (χ0n) is 8.45. The first-order valence-corrected chi connectivity index (χ1v) is 5.17. The molecule has 1 aliphatic heterocycles. The summed E-state index contributed by atoms with van der Waals surface area (Å²) in [6.45, 7) is 1.62. The molecule has 82 valence electrons. The van der Waals surface area contributed by atoms with Gasteiger partial charge in [0.2, 0.25) is 5.95 Å². The Morgan fingerprint density at radius 2 is 2.47 bits per heavy atom. The van der Waals surface area contributed by atoms with E-state index in [0.29, 0.717) is 11.9 Å². The highest BCUT2D eigenvalue weighted by atomic mass is 19.1. The summed E-state index contributed by atoms with van der Waals surface area (Å²) in [5.74, 6) is 0.0186. The Bertz CT molecular complexity index is 315. The van der Waals surface area contributed by atoms with Gasteiger partial charge in [0.15, 0.2) is 0 Å². The lowest BCUT2D eigenvalue weighted by Crippen LogP contribution is -2.13. The molecular formula is C10H14FN3O. The van der Waals surface area contributed by atoms with E-state index in [1.807, 2.05) is 0 Å². The van der Waals surface area contributed by atoms with Crippen molar-refractivity contribution >= 4 is 5.82 Å². The number of aromatic nitrogens is 2. The van der Waals surface area contributed by atoms with Gasteiger partial charge in [0.05, 0.1) is 6.10 Å². The molecule has 2 heterocycles. The van der Waals surface area contributed by atoms with Gasteiger partial charge in [-0.25, -0.2) is 9.97 Å². The van der Waals surface area contributed by atoms with Crippen LogP contribution in [0.1, 0.15) is 19.3 Å². The minimum atomic E-state index is -0.510. The number of anilines is 1. The Balaban J connectivity index is 1.73. The summed E-state index contributed by atoms with van der Waals surface area (Å²) < 4.78 is 18.1. The molecule has 0 aliphatic carbocycles. The minimum absolute atomic E-state index is 0.351. The Labute approximate surface area is 87.9 Å². The van der Waals surface area contributed by atoms with Gasteiger partial charge in [0.25, 0.3) is 0 Å². The van der Waals surface area contributed by atoms with Gasteiger partial charge in [-0.2, -0.15) is 4.39 Å². The van der Waals surface area contributed by atoms with E-state index in [2.05, 4.69) is 15.3 Å². The van der Waals surface area contributed by atoms with Gasteiger partial charge in [-0.05, 0) is 19.3 Å². The van der Waals surface area contributed by atoms with Crippen LogP contribution in [0.4, 0.5) is 10.2 Å². The number of halogens is 1. The zero-order valence-corrected chi connectivity index (χ0v) is 8.45. The molecule has 1 N–H and O–H groups in total. The van der Waals surface area contributed by atoms with E-state index >= 15 is 0 Å². The Morgan fingerprint density at radius 3 is 3.20 bits per heavy atom. The number of nitrogens with one attached hydrogen (secondary N) is 1. The van der Waals surface area contributed by atoms with Crippen molar-refractivity contribution in [2.24, 2.45) is 0 Å². The summed E-state index contributed by atoms with van der Waals surface area (Å²) in [7, 11) is 0. The molecule has 5 heteroatoms. The summed E-state index contributed by atoms with van der Waals surface area (Å²) >= 11 is 0. The number of rotatable bonds is 4. The molecule has 4 nitrogen and oxygen atoms in total. The quantitative estimate of drug-likeness (QED) is 0.768. The smallest absolute Gasteiger partial charge is 0.217 e. The van der Waals surface area contributed by atoms with Gasteiger partial charge in [-0.15, -0.1) is 0 Å². The molecule has 15 heavy (non-hydrogen) atoms. The third-order valence-corrected chi connectivity index (χ3v) is 2.43. The third-order valence-electron chi connectivity index (χ3n) is 2.43. The molecule has 1 aliphatic rings. The van der Waals surface area contributed by atoms with Crippen LogP contribution in [0.15, 0.2) is 12.4 Å². The predicted molar refractivity (Wildman–Crippen MR) is 54.1 cm³/mol. The lowest BCUT2D eigenvalue weighted by atomic mass is 10.2. The highest BCUT2D eigenvalue weighted by molar-refractivity contribution is 5.31. The second kappa shape index (κ2) is 5.02. The van der Waals surface area contributed by atoms with Crippen molar-refractivity contribution in [3.05, 3.63) is 18.3 Å². The molecule has 2 rings (SSSR count). The predicted octanol–water partition coefficient (Wildman–Crippen LogP) is 1.60. The van der Waals surface area contributed by atoms with Crippen molar-refractivity contribution < 1.29 is 9.13 Å². The van der Waals surface area contributed by atoms with Crippen LogP contribution in [0.25, 0.3) is 0 Å². The summed E-state index contributed by atoms with van der Waals surface area (Å²) in [6.07, 6.45) is 4.77. The van der Waals surface area contributed by atoms with Gasteiger partial charge in [-0.3, -0.25) is 0 Å². The number of hydrogen-bond acceptors (Lipinski definition) is 4. The fourth-order valence-electron chi connectivity index (χ4n) is 1.66. The standard InChI is InChI=1S/C10H14FN3O/c11-9-6-10(14-7-13-9)12-4-3-8-2-1-5-15-8/h6-8H,1-5H2,(H,12,13,14). The van der Waals surface area contributed by atoms with Gasteiger partial charge in [-0.1, -0.05) is 0 Å². The third kappa shape index (κ3) is 3.13. The topological polar surface area (TPSA) is 47.0 Å². The maximum absolute atomic E-state index is 12.7. The van der Waals surface area contributed by atoms with Crippen molar-refractivity contribution in [2.45, 2.75) is 25.4 Å².